The molecule has 27 heavy (non-hydrogen) atoms. The summed E-state index contributed by atoms with van der Waals surface area (Å²) in [5.74, 6) is 0.713. The molecule has 0 fully saturated rings. The van der Waals surface area contributed by atoms with Crippen LogP contribution in [-0.2, 0) is 0 Å². The lowest BCUT2D eigenvalue weighted by Gasteiger charge is -2.01. The molecular formula is C23H16N4. The molecule has 4 nitrogen and oxygen atoms in total. The Morgan fingerprint density at radius 2 is 1.22 bits per heavy atom. The zero-order valence-corrected chi connectivity index (χ0v) is 14.5. The molecule has 0 amide bonds. The molecule has 0 radical (unpaired) electrons. The number of fused-ring (bicyclic) bond motifs is 3. The Morgan fingerprint density at radius 3 is 1.85 bits per heavy atom. The molecule has 0 unspecified atom stereocenters. The van der Waals surface area contributed by atoms with Gasteiger partial charge in [0.15, 0.2) is 5.82 Å². The Labute approximate surface area is 156 Å². The van der Waals surface area contributed by atoms with Crippen molar-refractivity contribution in [3.8, 4) is 11.4 Å². The molecule has 0 aliphatic rings. The lowest BCUT2D eigenvalue weighted by atomic mass is 10.2. The van der Waals surface area contributed by atoms with Crippen molar-refractivity contribution in [2.45, 2.75) is 0 Å². The monoisotopic (exact) mass is 348 g/mol. The predicted octanol–water partition coefficient (Wildman–Crippen LogP) is 5.13. The molecular weight excluding hydrogens is 332 g/mol. The van der Waals surface area contributed by atoms with Gasteiger partial charge in [-0.1, -0.05) is 66.7 Å². The van der Waals surface area contributed by atoms with Crippen molar-refractivity contribution in [2.75, 3.05) is 0 Å². The van der Waals surface area contributed by atoms with Crippen molar-refractivity contribution in [3.63, 3.8) is 0 Å². The summed E-state index contributed by atoms with van der Waals surface area (Å²) in [5, 5.41) is 7.10. The molecule has 0 N–H and O–H groups in total. The molecule has 5 aromatic rings. The maximum atomic E-state index is 4.71. The average molecular weight is 348 g/mol. The maximum absolute atomic E-state index is 4.71. The van der Waals surface area contributed by atoms with Gasteiger partial charge in [-0.3, -0.25) is 0 Å². The fourth-order valence-electron chi connectivity index (χ4n) is 3.29. The molecule has 0 saturated heterocycles. The van der Waals surface area contributed by atoms with E-state index < -0.39 is 0 Å². The fraction of sp³-hybridized carbons (Fsp3) is 0. The van der Waals surface area contributed by atoms with Crippen molar-refractivity contribution in [1.82, 2.24) is 14.6 Å². The first kappa shape index (κ1) is 15.5. The number of rotatable bonds is 3. The van der Waals surface area contributed by atoms with Crippen molar-refractivity contribution < 1.29 is 0 Å². The van der Waals surface area contributed by atoms with E-state index in [0.717, 1.165) is 22.2 Å². The van der Waals surface area contributed by atoms with Gasteiger partial charge in [0.25, 0.3) is 0 Å². The van der Waals surface area contributed by atoms with E-state index >= 15 is 0 Å². The van der Waals surface area contributed by atoms with E-state index in [9.17, 15) is 0 Å². The van der Waals surface area contributed by atoms with Gasteiger partial charge in [-0.05, 0) is 12.1 Å². The molecule has 2 heterocycles. The van der Waals surface area contributed by atoms with E-state index in [-0.39, 0.29) is 0 Å². The van der Waals surface area contributed by atoms with Crippen molar-refractivity contribution in [1.29, 1.82) is 0 Å². The summed E-state index contributed by atoms with van der Waals surface area (Å²) in [6.45, 7) is 0. The lowest BCUT2D eigenvalue weighted by Crippen LogP contribution is -1.94. The second kappa shape index (κ2) is 6.50. The Balaban J connectivity index is 1.54. The van der Waals surface area contributed by atoms with Crippen LogP contribution >= 0.6 is 0 Å². The van der Waals surface area contributed by atoms with Crippen LogP contribution in [0.3, 0.4) is 0 Å². The average Bonchev–Trinajstić information content (AvgIpc) is 3.07. The summed E-state index contributed by atoms with van der Waals surface area (Å²) in [4.78, 5) is 8.92. The fourth-order valence-corrected chi connectivity index (χ4v) is 3.29. The van der Waals surface area contributed by atoms with E-state index in [4.69, 9.17) is 5.10 Å². The van der Waals surface area contributed by atoms with Crippen LogP contribution in [0.2, 0.25) is 0 Å². The van der Waals surface area contributed by atoms with Gasteiger partial charge in [0.2, 0.25) is 0 Å². The third-order valence-electron chi connectivity index (χ3n) is 4.58. The van der Waals surface area contributed by atoms with E-state index in [2.05, 4.69) is 46.4 Å². The quantitative estimate of drug-likeness (QED) is 0.424. The molecule has 128 valence electrons. The minimum Gasteiger partial charge on any atom is -0.236 e. The first-order chi connectivity index (χ1) is 13.4. The standard InChI is InChI=1S/C23H16N4/c1-2-8-18(9-3-1)23-24-14-17(15-25-23)16-26-27-21-12-6-4-10-19(21)20-11-5-7-13-22(20)27/h1-16H/b26-16-. The molecule has 2 aromatic heterocycles. The molecule has 0 bridgehead atoms. The van der Waals surface area contributed by atoms with Gasteiger partial charge in [0, 0.05) is 34.3 Å². The van der Waals surface area contributed by atoms with Crippen LogP contribution in [0.5, 0.6) is 0 Å². The largest absolute Gasteiger partial charge is 0.236 e. The first-order valence-electron chi connectivity index (χ1n) is 8.80. The zero-order valence-electron chi connectivity index (χ0n) is 14.5. The summed E-state index contributed by atoms with van der Waals surface area (Å²) in [7, 11) is 0. The molecule has 0 atom stereocenters. The van der Waals surface area contributed by atoms with Crippen LogP contribution in [0.25, 0.3) is 33.2 Å². The third kappa shape index (κ3) is 2.77. The highest BCUT2D eigenvalue weighted by molar-refractivity contribution is 6.08. The van der Waals surface area contributed by atoms with Gasteiger partial charge in [-0.25, -0.2) is 14.6 Å². The van der Waals surface area contributed by atoms with E-state index in [1.165, 1.54) is 10.8 Å². The van der Waals surface area contributed by atoms with Gasteiger partial charge in [0.1, 0.15) is 0 Å². The minimum atomic E-state index is 0.713. The molecule has 5 rings (SSSR count). The molecule has 0 saturated carbocycles. The van der Waals surface area contributed by atoms with Crippen LogP contribution < -0.4 is 0 Å². The number of para-hydroxylation sites is 2. The predicted molar refractivity (Wildman–Crippen MR) is 110 cm³/mol. The Hall–Kier alpha value is -3.79. The Kier molecular flexibility index (Phi) is 3.72. The van der Waals surface area contributed by atoms with Gasteiger partial charge < -0.3 is 0 Å². The van der Waals surface area contributed by atoms with E-state index in [0.29, 0.717) is 5.82 Å². The number of hydrogen-bond donors (Lipinski definition) is 0. The summed E-state index contributed by atoms with van der Waals surface area (Å²) in [5.41, 5.74) is 4.02. The van der Waals surface area contributed by atoms with Crippen LogP contribution in [0.1, 0.15) is 5.56 Å². The highest BCUT2D eigenvalue weighted by Crippen LogP contribution is 2.28. The minimum absolute atomic E-state index is 0.713. The van der Waals surface area contributed by atoms with E-state index in [1.807, 2.05) is 47.1 Å². The highest BCUT2D eigenvalue weighted by Gasteiger charge is 2.08. The van der Waals surface area contributed by atoms with Gasteiger partial charge in [-0.15, -0.1) is 0 Å². The number of aromatic nitrogens is 3. The zero-order chi connectivity index (χ0) is 18.1. The van der Waals surface area contributed by atoms with Crippen molar-refractivity contribution >= 4 is 28.0 Å². The van der Waals surface area contributed by atoms with Crippen molar-refractivity contribution in [2.24, 2.45) is 5.10 Å². The van der Waals surface area contributed by atoms with E-state index in [1.54, 1.807) is 18.6 Å². The summed E-state index contributed by atoms with van der Waals surface area (Å²) in [6.07, 6.45) is 5.40. The number of benzene rings is 3. The number of nitrogens with zero attached hydrogens (tertiary/aromatic N) is 4. The molecule has 0 aliphatic heterocycles. The van der Waals surface area contributed by atoms with Crippen LogP contribution in [-0.4, -0.2) is 20.9 Å². The summed E-state index contributed by atoms with van der Waals surface area (Å²) in [6, 6.07) is 26.5. The SMILES string of the molecule is C(=N/n1c2ccccc2c2ccccc21)/c1cnc(-c2ccccc2)nc1. The first-order valence-corrected chi connectivity index (χ1v) is 8.80. The molecule has 3 aromatic carbocycles. The topological polar surface area (TPSA) is 43.1 Å². The molecule has 0 spiro atoms. The van der Waals surface area contributed by atoms with Crippen LogP contribution in [0, 0.1) is 0 Å². The summed E-state index contributed by atoms with van der Waals surface area (Å²) < 4.78 is 1.97. The van der Waals surface area contributed by atoms with Gasteiger partial charge in [0.05, 0.1) is 17.2 Å². The molecule has 0 aliphatic carbocycles. The normalized spacial score (nSPS) is 11.6. The second-order valence-electron chi connectivity index (χ2n) is 6.30. The third-order valence-corrected chi connectivity index (χ3v) is 4.58. The Morgan fingerprint density at radius 1 is 0.667 bits per heavy atom. The smallest absolute Gasteiger partial charge is 0.159 e. The maximum Gasteiger partial charge on any atom is 0.159 e. The van der Waals surface area contributed by atoms with Crippen LogP contribution in [0.15, 0.2) is 96.4 Å². The molecule has 4 heteroatoms. The number of hydrogen-bond acceptors (Lipinski definition) is 3. The van der Waals surface area contributed by atoms with Gasteiger partial charge in [-0.2, -0.15) is 5.10 Å². The van der Waals surface area contributed by atoms with Crippen molar-refractivity contribution in [3.05, 3.63) is 96.8 Å². The van der Waals surface area contributed by atoms with Gasteiger partial charge >= 0.3 is 0 Å². The van der Waals surface area contributed by atoms with Crippen LogP contribution in [0.4, 0.5) is 0 Å². The summed E-state index contributed by atoms with van der Waals surface area (Å²) >= 11 is 0. The lowest BCUT2D eigenvalue weighted by molar-refractivity contribution is 0.974. The Bertz CT molecular complexity index is 1200. The second-order valence-corrected chi connectivity index (χ2v) is 6.30. The highest BCUT2D eigenvalue weighted by atomic mass is 15.3.